The first-order valence-electron chi connectivity index (χ1n) is 7.01. The Hall–Kier alpha value is -1.35. The molecule has 0 aliphatic heterocycles. The van der Waals surface area contributed by atoms with E-state index in [1.54, 1.807) is 0 Å². The number of anilines is 1. The van der Waals surface area contributed by atoms with Crippen LogP contribution in [0.1, 0.15) is 37.8 Å². The molecule has 106 valence electrons. The van der Waals surface area contributed by atoms with Crippen molar-refractivity contribution in [2.75, 3.05) is 11.9 Å². The lowest BCUT2D eigenvalue weighted by molar-refractivity contribution is -0.116. The summed E-state index contributed by atoms with van der Waals surface area (Å²) in [6.07, 6.45) is 1.39. The Balaban J connectivity index is 2.51. The van der Waals surface area contributed by atoms with Crippen LogP contribution in [0.5, 0.6) is 0 Å². The molecular formula is C16H26N2O. The van der Waals surface area contributed by atoms with E-state index >= 15 is 0 Å². The molecule has 0 aliphatic carbocycles. The maximum atomic E-state index is 11.9. The Morgan fingerprint density at radius 1 is 1.32 bits per heavy atom. The van der Waals surface area contributed by atoms with Gasteiger partial charge in [0, 0.05) is 12.1 Å². The Bertz CT molecular complexity index is 427. The topological polar surface area (TPSA) is 55.1 Å². The maximum absolute atomic E-state index is 11.9. The molecule has 0 spiro atoms. The van der Waals surface area contributed by atoms with Gasteiger partial charge in [0.25, 0.3) is 0 Å². The van der Waals surface area contributed by atoms with Crippen molar-refractivity contribution in [3.63, 3.8) is 0 Å². The summed E-state index contributed by atoms with van der Waals surface area (Å²) in [5.41, 5.74) is 8.94. The van der Waals surface area contributed by atoms with Crippen LogP contribution in [0.15, 0.2) is 18.2 Å². The summed E-state index contributed by atoms with van der Waals surface area (Å²) in [6.45, 7) is 9.01. The predicted molar refractivity (Wildman–Crippen MR) is 81.2 cm³/mol. The van der Waals surface area contributed by atoms with Gasteiger partial charge in [0.05, 0.1) is 0 Å². The lowest BCUT2D eigenvalue weighted by atomic mass is 9.91. The van der Waals surface area contributed by atoms with Crippen LogP contribution in [0.3, 0.4) is 0 Å². The van der Waals surface area contributed by atoms with Crippen molar-refractivity contribution in [2.45, 2.75) is 40.5 Å². The maximum Gasteiger partial charge on any atom is 0.224 e. The van der Waals surface area contributed by atoms with E-state index in [9.17, 15) is 4.79 Å². The van der Waals surface area contributed by atoms with Gasteiger partial charge in [-0.3, -0.25) is 4.79 Å². The standard InChI is InChI=1S/C16H26N2O/c1-11(2)14(10-17)6-8-16(19)18-15-7-5-12(3)9-13(15)4/h5,7,9,11,14H,6,8,10,17H2,1-4H3,(H,18,19). The first-order valence-corrected chi connectivity index (χ1v) is 7.01. The number of benzene rings is 1. The molecule has 0 aliphatic rings. The predicted octanol–water partition coefficient (Wildman–Crippen LogP) is 3.25. The van der Waals surface area contributed by atoms with Gasteiger partial charge in [-0.1, -0.05) is 31.5 Å². The van der Waals surface area contributed by atoms with Crippen molar-refractivity contribution in [1.82, 2.24) is 0 Å². The van der Waals surface area contributed by atoms with Crippen LogP contribution in [0.25, 0.3) is 0 Å². The summed E-state index contributed by atoms with van der Waals surface area (Å²) in [4.78, 5) is 11.9. The molecule has 19 heavy (non-hydrogen) atoms. The van der Waals surface area contributed by atoms with Crippen molar-refractivity contribution in [3.05, 3.63) is 29.3 Å². The first kappa shape index (κ1) is 15.7. The summed E-state index contributed by atoms with van der Waals surface area (Å²) < 4.78 is 0. The average Bonchev–Trinajstić information content (AvgIpc) is 2.33. The van der Waals surface area contributed by atoms with E-state index in [4.69, 9.17) is 5.73 Å². The van der Waals surface area contributed by atoms with Crippen LogP contribution in [0.2, 0.25) is 0 Å². The zero-order valence-corrected chi connectivity index (χ0v) is 12.5. The highest BCUT2D eigenvalue weighted by molar-refractivity contribution is 5.91. The minimum atomic E-state index is 0.0750. The van der Waals surface area contributed by atoms with Gasteiger partial charge in [-0.25, -0.2) is 0 Å². The van der Waals surface area contributed by atoms with Crippen molar-refractivity contribution < 1.29 is 4.79 Å². The third-order valence-corrected chi connectivity index (χ3v) is 3.64. The number of nitrogens with one attached hydrogen (secondary N) is 1. The fraction of sp³-hybridized carbons (Fsp3) is 0.562. The molecular weight excluding hydrogens is 236 g/mol. The number of hydrogen-bond donors (Lipinski definition) is 2. The molecule has 0 radical (unpaired) electrons. The quantitative estimate of drug-likeness (QED) is 0.826. The smallest absolute Gasteiger partial charge is 0.224 e. The van der Waals surface area contributed by atoms with Crippen LogP contribution in [-0.4, -0.2) is 12.5 Å². The Kier molecular flexibility index (Phi) is 6.03. The largest absolute Gasteiger partial charge is 0.330 e. The molecule has 0 bridgehead atoms. The van der Waals surface area contributed by atoms with E-state index in [1.807, 2.05) is 26.0 Å². The van der Waals surface area contributed by atoms with Crippen LogP contribution < -0.4 is 11.1 Å². The summed E-state index contributed by atoms with van der Waals surface area (Å²) in [5, 5.41) is 2.98. The fourth-order valence-electron chi connectivity index (χ4n) is 2.21. The number of carbonyl (C=O) groups excluding carboxylic acids is 1. The molecule has 1 aromatic carbocycles. The molecule has 3 N–H and O–H groups in total. The van der Waals surface area contributed by atoms with Crippen LogP contribution >= 0.6 is 0 Å². The van der Waals surface area contributed by atoms with E-state index in [0.717, 1.165) is 17.7 Å². The Labute approximate surface area is 116 Å². The van der Waals surface area contributed by atoms with E-state index < -0.39 is 0 Å². The number of amides is 1. The van der Waals surface area contributed by atoms with E-state index in [2.05, 4.69) is 25.2 Å². The second kappa shape index (κ2) is 7.29. The van der Waals surface area contributed by atoms with E-state index in [0.29, 0.717) is 24.8 Å². The zero-order valence-electron chi connectivity index (χ0n) is 12.5. The van der Waals surface area contributed by atoms with Gasteiger partial charge in [-0.2, -0.15) is 0 Å². The first-order chi connectivity index (χ1) is 8.93. The molecule has 3 heteroatoms. The molecule has 0 aromatic heterocycles. The normalized spacial score (nSPS) is 12.5. The second-order valence-electron chi connectivity index (χ2n) is 5.65. The van der Waals surface area contributed by atoms with Gasteiger partial charge < -0.3 is 11.1 Å². The third kappa shape index (κ3) is 5.03. The lowest BCUT2D eigenvalue weighted by Gasteiger charge is -2.18. The van der Waals surface area contributed by atoms with Crippen LogP contribution in [0, 0.1) is 25.7 Å². The molecule has 1 unspecified atom stereocenters. The van der Waals surface area contributed by atoms with Crippen LogP contribution in [0.4, 0.5) is 5.69 Å². The zero-order chi connectivity index (χ0) is 14.4. The van der Waals surface area contributed by atoms with Crippen LogP contribution in [-0.2, 0) is 4.79 Å². The summed E-state index contributed by atoms with van der Waals surface area (Å²) in [7, 11) is 0. The Morgan fingerprint density at radius 3 is 2.53 bits per heavy atom. The molecule has 0 fully saturated rings. The monoisotopic (exact) mass is 262 g/mol. The average molecular weight is 262 g/mol. The van der Waals surface area contributed by atoms with Gasteiger partial charge in [-0.15, -0.1) is 0 Å². The van der Waals surface area contributed by atoms with Crippen molar-refractivity contribution in [2.24, 2.45) is 17.6 Å². The molecule has 3 nitrogen and oxygen atoms in total. The van der Waals surface area contributed by atoms with Crippen molar-refractivity contribution in [1.29, 1.82) is 0 Å². The number of aryl methyl sites for hydroxylation is 2. The highest BCUT2D eigenvalue weighted by Gasteiger charge is 2.13. The van der Waals surface area contributed by atoms with Gasteiger partial charge in [0.15, 0.2) is 0 Å². The van der Waals surface area contributed by atoms with Crippen molar-refractivity contribution >= 4 is 11.6 Å². The molecule has 0 saturated heterocycles. The molecule has 1 rings (SSSR count). The molecule has 1 atom stereocenters. The molecule has 0 saturated carbocycles. The SMILES string of the molecule is Cc1ccc(NC(=O)CCC(CN)C(C)C)c(C)c1. The number of rotatable bonds is 6. The third-order valence-electron chi connectivity index (χ3n) is 3.64. The van der Waals surface area contributed by atoms with E-state index in [-0.39, 0.29) is 5.91 Å². The fourth-order valence-corrected chi connectivity index (χ4v) is 2.21. The summed E-state index contributed by atoms with van der Waals surface area (Å²) >= 11 is 0. The summed E-state index contributed by atoms with van der Waals surface area (Å²) in [6, 6.07) is 6.05. The Morgan fingerprint density at radius 2 is 2.00 bits per heavy atom. The molecule has 0 heterocycles. The van der Waals surface area contributed by atoms with Gasteiger partial charge in [-0.05, 0) is 50.3 Å². The highest BCUT2D eigenvalue weighted by atomic mass is 16.1. The minimum absolute atomic E-state index is 0.0750. The summed E-state index contributed by atoms with van der Waals surface area (Å²) in [5.74, 6) is 1.02. The van der Waals surface area contributed by atoms with Gasteiger partial charge >= 0.3 is 0 Å². The number of carbonyl (C=O) groups is 1. The van der Waals surface area contributed by atoms with Gasteiger partial charge in [0.2, 0.25) is 5.91 Å². The van der Waals surface area contributed by atoms with Gasteiger partial charge in [0.1, 0.15) is 0 Å². The van der Waals surface area contributed by atoms with E-state index in [1.165, 1.54) is 5.56 Å². The minimum Gasteiger partial charge on any atom is -0.330 e. The second-order valence-corrected chi connectivity index (χ2v) is 5.65. The lowest BCUT2D eigenvalue weighted by Crippen LogP contribution is -2.22. The highest BCUT2D eigenvalue weighted by Crippen LogP contribution is 2.19. The molecule has 1 amide bonds. The van der Waals surface area contributed by atoms with Crippen molar-refractivity contribution in [3.8, 4) is 0 Å². The molecule has 1 aromatic rings. The number of hydrogen-bond acceptors (Lipinski definition) is 2. The number of nitrogens with two attached hydrogens (primary N) is 1.